The molecule has 0 bridgehead atoms. The van der Waals surface area contributed by atoms with E-state index in [4.69, 9.17) is 4.74 Å². The zero-order valence-corrected chi connectivity index (χ0v) is 16.1. The summed E-state index contributed by atoms with van der Waals surface area (Å²) in [5.41, 5.74) is 2.19. The summed E-state index contributed by atoms with van der Waals surface area (Å²) < 4.78 is 5.54. The number of ether oxygens (including phenoxy) is 1. The summed E-state index contributed by atoms with van der Waals surface area (Å²) in [6.07, 6.45) is 1.87. The summed E-state index contributed by atoms with van der Waals surface area (Å²) in [6, 6.07) is 10.9. The van der Waals surface area contributed by atoms with E-state index in [1.807, 2.05) is 24.3 Å². The molecule has 1 aliphatic rings. The van der Waals surface area contributed by atoms with E-state index in [1.54, 1.807) is 13.0 Å². The molecule has 0 radical (unpaired) electrons. The van der Waals surface area contributed by atoms with Crippen LogP contribution in [-0.2, 0) is 6.42 Å². The SMILES string of the molecule is CNC(=O)c1cc(C(=O)NC2CC2)cc(Cc2cccc(OCC(C)O)c2)n1. The fraction of sp³-hybridized carbons (Fsp3) is 0.381. The van der Waals surface area contributed by atoms with E-state index >= 15 is 0 Å². The van der Waals surface area contributed by atoms with Crippen LogP contribution < -0.4 is 15.4 Å². The first kappa shape index (κ1) is 19.8. The van der Waals surface area contributed by atoms with Crippen molar-refractivity contribution in [3.8, 4) is 5.75 Å². The van der Waals surface area contributed by atoms with Gasteiger partial charge in [-0.1, -0.05) is 12.1 Å². The van der Waals surface area contributed by atoms with Gasteiger partial charge in [0.15, 0.2) is 0 Å². The predicted molar refractivity (Wildman–Crippen MR) is 105 cm³/mol. The number of hydrogen-bond acceptors (Lipinski definition) is 5. The van der Waals surface area contributed by atoms with E-state index in [0.717, 1.165) is 18.4 Å². The summed E-state index contributed by atoms with van der Waals surface area (Å²) in [5, 5.41) is 14.9. The van der Waals surface area contributed by atoms with Crippen LogP contribution in [0, 0.1) is 0 Å². The first-order chi connectivity index (χ1) is 13.4. The maximum Gasteiger partial charge on any atom is 0.269 e. The number of hydrogen-bond donors (Lipinski definition) is 3. The highest BCUT2D eigenvalue weighted by atomic mass is 16.5. The van der Waals surface area contributed by atoms with Crippen LogP contribution in [0.5, 0.6) is 5.75 Å². The lowest BCUT2D eigenvalue weighted by Gasteiger charge is -2.11. The smallest absolute Gasteiger partial charge is 0.269 e. The molecule has 7 heteroatoms. The molecule has 7 nitrogen and oxygen atoms in total. The molecule has 0 saturated heterocycles. The van der Waals surface area contributed by atoms with Gasteiger partial charge in [-0.15, -0.1) is 0 Å². The molecule has 3 N–H and O–H groups in total. The predicted octanol–water partition coefficient (Wildman–Crippen LogP) is 1.68. The van der Waals surface area contributed by atoms with Gasteiger partial charge in [0.2, 0.25) is 0 Å². The highest BCUT2D eigenvalue weighted by Crippen LogP contribution is 2.21. The van der Waals surface area contributed by atoms with E-state index < -0.39 is 6.10 Å². The van der Waals surface area contributed by atoms with Crippen LogP contribution in [0.1, 0.15) is 51.9 Å². The van der Waals surface area contributed by atoms with Crippen LogP contribution in [0.2, 0.25) is 0 Å². The van der Waals surface area contributed by atoms with Crippen molar-refractivity contribution in [1.29, 1.82) is 0 Å². The molecule has 3 rings (SSSR count). The molecule has 1 heterocycles. The quantitative estimate of drug-likeness (QED) is 0.644. The number of nitrogens with zero attached hydrogens (tertiary/aromatic N) is 1. The molecule has 0 spiro atoms. The Morgan fingerprint density at radius 3 is 2.71 bits per heavy atom. The summed E-state index contributed by atoms with van der Waals surface area (Å²) in [5.74, 6) is 0.120. The highest BCUT2D eigenvalue weighted by Gasteiger charge is 2.24. The van der Waals surface area contributed by atoms with Crippen molar-refractivity contribution < 1.29 is 19.4 Å². The number of pyridine rings is 1. The molecule has 2 aromatic rings. The van der Waals surface area contributed by atoms with Gasteiger partial charge in [0.05, 0.1) is 6.10 Å². The third-order valence-corrected chi connectivity index (χ3v) is 4.29. The summed E-state index contributed by atoms with van der Waals surface area (Å²) >= 11 is 0. The standard InChI is InChI=1S/C21H25N3O4/c1-13(25)12-28-18-5-3-4-14(9-18)8-17-10-15(20(26)24-16-6-7-16)11-19(23-17)21(27)22-2/h3-5,9-11,13,16,25H,6-8,12H2,1-2H3,(H,22,27)(H,24,26). The van der Waals surface area contributed by atoms with Gasteiger partial charge < -0.3 is 20.5 Å². The number of aliphatic hydroxyl groups is 1. The Hall–Kier alpha value is -2.93. The number of nitrogens with one attached hydrogen (secondary N) is 2. The van der Waals surface area contributed by atoms with Crippen LogP contribution in [0.15, 0.2) is 36.4 Å². The molecule has 1 unspecified atom stereocenters. The Morgan fingerprint density at radius 1 is 1.25 bits per heavy atom. The molecule has 1 aromatic carbocycles. The van der Waals surface area contributed by atoms with Gasteiger partial charge in [-0.05, 0) is 49.6 Å². The van der Waals surface area contributed by atoms with Crippen molar-refractivity contribution >= 4 is 11.8 Å². The fourth-order valence-corrected chi connectivity index (χ4v) is 2.72. The molecule has 2 amide bonds. The molecular weight excluding hydrogens is 358 g/mol. The van der Waals surface area contributed by atoms with Crippen molar-refractivity contribution in [3.63, 3.8) is 0 Å². The third-order valence-electron chi connectivity index (χ3n) is 4.29. The van der Waals surface area contributed by atoms with E-state index in [-0.39, 0.29) is 30.2 Å². The fourth-order valence-electron chi connectivity index (χ4n) is 2.72. The Labute approximate surface area is 164 Å². The number of amides is 2. The second kappa shape index (κ2) is 8.84. The third kappa shape index (κ3) is 5.53. The number of carbonyl (C=O) groups is 2. The van der Waals surface area contributed by atoms with Gasteiger partial charge in [-0.2, -0.15) is 0 Å². The van der Waals surface area contributed by atoms with Gasteiger partial charge in [-0.25, -0.2) is 4.98 Å². The summed E-state index contributed by atoms with van der Waals surface area (Å²) in [6.45, 7) is 1.87. The lowest BCUT2D eigenvalue weighted by atomic mass is 10.1. The first-order valence-corrected chi connectivity index (χ1v) is 9.38. The first-order valence-electron chi connectivity index (χ1n) is 9.38. The summed E-state index contributed by atoms with van der Waals surface area (Å²) in [7, 11) is 1.53. The van der Waals surface area contributed by atoms with E-state index in [2.05, 4.69) is 15.6 Å². The van der Waals surface area contributed by atoms with E-state index in [0.29, 0.717) is 23.4 Å². The number of aliphatic hydroxyl groups excluding tert-OH is 1. The maximum atomic E-state index is 12.5. The molecule has 1 aromatic heterocycles. The Balaban J connectivity index is 1.82. The minimum Gasteiger partial charge on any atom is -0.491 e. The van der Waals surface area contributed by atoms with Crippen LogP contribution in [0.25, 0.3) is 0 Å². The second-order valence-corrected chi connectivity index (χ2v) is 7.04. The molecule has 1 atom stereocenters. The monoisotopic (exact) mass is 383 g/mol. The van der Waals surface area contributed by atoms with Crippen molar-refractivity contribution in [3.05, 3.63) is 58.9 Å². The molecular formula is C21H25N3O4. The zero-order chi connectivity index (χ0) is 20.1. The zero-order valence-electron chi connectivity index (χ0n) is 16.1. The van der Waals surface area contributed by atoms with Gasteiger partial charge in [0.25, 0.3) is 11.8 Å². The minimum atomic E-state index is -0.554. The van der Waals surface area contributed by atoms with Crippen molar-refractivity contribution in [2.75, 3.05) is 13.7 Å². The number of carbonyl (C=O) groups excluding carboxylic acids is 2. The average Bonchev–Trinajstić information content (AvgIpc) is 3.49. The molecule has 148 valence electrons. The topological polar surface area (TPSA) is 101 Å². The molecule has 1 aliphatic carbocycles. The number of rotatable bonds is 8. The van der Waals surface area contributed by atoms with Gasteiger partial charge in [-0.3, -0.25) is 9.59 Å². The van der Waals surface area contributed by atoms with Gasteiger partial charge in [0, 0.05) is 30.8 Å². The van der Waals surface area contributed by atoms with Crippen LogP contribution >= 0.6 is 0 Å². The van der Waals surface area contributed by atoms with Crippen LogP contribution in [-0.4, -0.2) is 47.7 Å². The van der Waals surface area contributed by atoms with E-state index in [9.17, 15) is 14.7 Å². The normalized spacial score (nSPS) is 14.2. The van der Waals surface area contributed by atoms with Crippen molar-refractivity contribution in [1.82, 2.24) is 15.6 Å². The van der Waals surface area contributed by atoms with Gasteiger partial charge in [0.1, 0.15) is 18.1 Å². The van der Waals surface area contributed by atoms with Crippen molar-refractivity contribution in [2.24, 2.45) is 0 Å². The Kier molecular flexibility index (Phi) is 6.26. The van der Waals surface area contributed by atoms with Crippen LogP contribution in [0.3, 0.4) is 0 Å². The van der Waals surface area contributed by atoms with Crippen LogP contribution in [0.4, 0.5) is 0 Å². The molecule has 28 heavy (non-hydrogen) atoms. The average molecular weight is 383 g/mol. The molecule has 1 fully saturated rings. The van der Waals surface area contributed by atoms with Gasteiger partial charge >= 0.3 is 0 Å². The van der Waals surface area contributed by atoms with E-state index in [1.165, 1.54) is 13.1 Å². The minimum absolute atomic E-state index is 0.190. The Morgan fingerprint density at radius 2 is 2.04 bits per heavy atom. The second-order valence-electron chi connectivity index (χ2n) is 7.04. The lowest BCUT2D eigenvalue weighted by molar-refractivity contribution is 0.0951. The summed E-state index contributed by atoms with van der Waals surface area (Å²) in [4.78, 5) is 28.9. The maximum absolute atomic E-state index is 12.5. The molecule has 1 saturated carbocycles. The number of benzene rings is 1. The Bertz CT molecular complexity index is 862. The number of aromatic nitrogens is 1. The molecule has 0 aliphatic heterocycles. The highest BCUT2D eigenvalue weighted by molar-refractivity contribution is 5.98. The lowest BCUT2D eigenvalue weighted by Crippen LogP contribution is -2.27. The largest absolute Gasteiger partial charge is 0.491 e. The van der Waals surface area contributed by atoms with Crippen molar-refractivity contribution in [2.45, 2.75) is 38.3 Å².